The van der Waals surface area contributed by atoms with Gasteiger partial charge in [0.15, 0.2) is 0 Å². The van der Waals surface area contributed by atoms with Crippen molar-refractivity contribution in [2.75, 3.05) is 13.3 Å². The van der Waals surface area contributed by atoms with E-state index >= 15 is 0 Å². The first kappa shape index (κ1) is 10.4. The Labute approximate surface area is 79.4 Å². The van der Waals surface area contributed by atoms with Crippen LogP contribution < -0.4 is 0 Å². The summed E-state index contributed by atoms with van der Waals surface area (Å²) in [6.07, 6.45) is 1.57. The van der Waals surface area contributed by atoms with Crippen LogP contribution >= 0.6 is 0 Å². The van der Waals surface area contributed by atoms with Gasteiger partial charge in [-0.15, -0.1) is 0 Å². The summed E-state index contributed by atoms with van der Waals surface area (Å²) in [5.41, 5.74) is 0. The average Bonchev–Trinajstić information content (AvgIpc) is 2.38. The fourth-order valence-electron chi connectivity index (χ4n) is 1.53. The first-order valence-electron chi connectivity index (χ1n) is 4.38. The maximum atomic E-state index is 11.4. The molecule has 0 saturated carbocycles. The summed E-state index contributed by atoms with van der Waals surface area (Å²) >= 11 is 0. The van der Waals surface area contributed by atoms with Crippen molar-refractivity contribution in [3.8, 4) is 0 Å². The number of methoxy groups -OCH3 is 1. The van der Waals surface area contributed by atoms with E-state index in [-0.39, 0.29) is 18.4 Å². The van der Waals surface area contributed by atoms with Crippen molar-refractivity contribution in [3.63, 3.8) is 0 Å². The van der Waals surface area contributed by atoms with E-state index in [0.717, 1.165) is 0 Å². The van der Waals surface area contributed by atoms with Gasteiger partial charge in [0.2, 0.25) is 0 Å². The highest BCUT2D eigenvalue weighted by atomic mass is 28.2. The minimum Gasteiger partial charge on any atom is -0.393 e. The fourth-order valence-corrected chi connectivity index (χ4v) is 3.14. The van der Waals surface area contributed by atoms with Crippen LogP contribution in [0.3, 0.4) is 0 Å². The van der Waals surface area contributed by atoms with E-state index in [9.17, 15) is 9.59 Å². The molecule has 1 atom stereocenters. The van der Waals surface area contributed by atoms with Gasteiger partial charge in [0.05, 0.1) is 21.0 Å². The fraction of sp³-hybridized carbons (Fsp3) is 0.750. The van der Waals surface area contributed by atoms with Gasteiger partial charge in [-0.2, -0.15) is 0 Å². The average molecular weight is 202 g/mol. The van der Waals surface area contributed by atoms with Crippen LogP contribution in [0.4, 0.5) is 0 Å². The molecule has 0 aromatic rings. The second-order valence-corrected chi connectivity index (χ2v) is 5.58. The summed E-state index contributed by atoms with van der Waals surface area (Å²) in [5.74, 6) is -0.709. The van der Waals surface area contributed by atoms with E-state index in [0.29, 0.717) is 12.7 Å². The molecule has 13 heavy (non-hydrogen) atoms. The smallest absolute Gasteiger partial charge is 0.316 e. The molecular formula is C8H14O4Si. The van der Waals surface area contributed by atoms with Crippen LogP contribution in [0.1, 0.15) is 19.8 Å². The van der Waals surface area contributed by atoms with Gasteiger partial charge in [-0.3, -0.25) is 9.59 Å². The van der Waals surface area contributed by atoms with Crippen LogP contribution in [0.15, 0.2) is 0 Å². The van der Waals surface area contributed by atoms with Gasteiger partial charge in [0, 0.05) is 13.3 Å². The number of carbonyl (C=O) groups is 2. The Morgan fingerprint density at radius 3 is 2.69 bits per heavy atom. The Morgan fingerprint density at radius 1 is 1.62 bits per heavy atom. The highest BCUT2D eigenvalue weighted by Crippen LogP contribution is 2.40. The molecule has 0 aromatic carbocycles. The maximum absolute atomic E-state index is 11.4. The predicted octanol–water partition coefficient (Wildman–Crippen LogP) is -0.199. The van der Waals surface area contributed by atoms with E-state index in [1.807, 2.05) is 6.92 Å². The maximum Gasteiger partial charge on any atom is 0.316 e. The van der Waals surface area contributed by atoms with E-state index in [2.05, 4.69) is 4.74 Å². The lowest BCUT2D eigenvalue weighted by molar-refractivity contribution is -0.152. The molecule has 0 N–H and O–H groups in total. The van der Waals surface area contributed by atoms with Crippen molar-refractivity contribution in [1.82, 2.24) is 0 Å². The van der Waals surface area contributed by atoms with E-state index in [1.165, 1.54) is 0 Å². The second-order valence-electron chi connectivity index (χ2n) is 3.31. The molecule has 0 aliphatic carbocycles. The van der Waals surface area contributed by atoms with Crippen LogP contribution in [-0.2, 0) is 19.1 Å². The molecule has 74 valence electrons. The molecule has 4 nitrogen and oxygen atoms in total. The van der Waals surface area contributed by atoms with Gasteiger partial charge >= 0.3 is 11.9 Å². The molecule has 0 bridgehead atoms. The molecule has 1 aliphatic rings. The Bertz CT molecular complexity index is 228. The molecule has 0 radical (unpaired) electrons. The van der Waals surface area contributed by atoms with Gasteiger partial charge in [0.1, 0.15) is 0 Å². The molecule has 1 unspecified atom stereocenters. The number of cyclic esters (lactones) is 2. The third-order valence-corrected chi connectivity index (χ3v) is 5.19. The molecule has 0 spiro atoms. The van der Waals surface area contributed by atoms with Crippen LogP contribution in [0.5, 0.6) is 0 Å². The lowest BCUT2D eigenvalue weighted by Gasteiger charge is -2.19. The number of rotatable bonds is 4. The summed E-state index contributed by atoms with van der Waals surface area (Å²) in [4.78, 5) is 22.3. The highest BCUT2D eigenvalue weighted by molar-refractivity contribution is 6.48. The molecular weight excluding hydrogens is 188 g/mol. The van der Waals surface area contributed by atoms with Gasteiger partial charge in [-0.25, -0.2) is 0 Å². The largest absolute Gasteiger partial charge is 0.393 e. The first-order valence-corrected chi connectivity index (χ1v) is 6.09. The topological polar surface area (TPSA) is 52.6 Å². The molecule has 0 aromatic heterocycles. The van der Waals surface area contributed by atoms with Crippen LogP contribution in [-0.4, -0.2) is 34.8 Å². The van der Waals surface area contributed by atoms with Crippen molar-refractivity contribution in [2.24, 2.45) is 0 Å². The molecule has 5 heteroatoms. The highest BCUT2D eigenvalue weighted by Gasteiger charge is 2.47. The van der Waals surface area contributed by atoms with Crippen molar-refractivity contribution in [1.29, 1.82) is 0 Å². The van der Waals surface area contributed by atoms with E-state index in [1.54, 1.807) is 7.11 Å². The Kier molecular flexibility index (Phi) is 3.21. The summed E-state index contributed by atoms with van der Waals surface area (Å²) < 4.78 is 9.52. The molecule has 1 heterocycles. The molecule has 1 rings (SSSR count). The third kappa shape index (κ3) is 1.97. The number of hydrogen-bond acceptors (Lipinski definition) is 4. The minimum absolute atomic E-state index is 0.262. The van der Waals surface area contributed by atoms with Gasteiger partial charge in [0.25, 0.3) is 0 Å². The van der Waals surface area contributed by atoms with Crippen LogP contribution in [0.2, 0.25) is 5.04 Å². The quantitative estimate of drug-likeness (QED) is 0.360. The Balaban J connectivity index is 2.68. The zero-order chi connectivity index (χ0) is 9.90. The molecule has 0 amide bonds. The summed E-state index contributed by atoms with van der Waals surface area (Å²) in [7, 11) is 0.894. The number of ether oxygens (including phenoxy) is 2. The summed E-state index contributed by atoms with van der Waals surface area (Å²) in [5, 5.41) is -0.479. The lowest BCUT2D eigenvalue weighted by Crippen LogP contribution is -2.28. The van der Waals surface area contributed by atoms with Gasteiger partial charge in [-0.1, -0.05) is 6.92 Å². The lowest BCUT2D eigenvalue weighted by atomic mass is 10.0. The SMILES string of the molecule is CCC1([SiH2]COC)CC(=O)OC1=O. The normalized spacial score (nSPS) is 28.8. The minimum atomic E-state index is -0.716. The van der Waals surface area contributed by atoms with Crippen molar-refractivity contribution >= 4 is 21.5 Å². The Morgan fingerprint density at radius 2 is 2.31 bits per heavy atom. The summed E-state index contributed by atoms with van der Waals surface area (Å²) in [6, 6.07) is 0. The van der Waals surface area contributed by atoms with Gasteiger partial charge in [-0.05, 0) is 6.42 Å². The second kappa shape index (κ2) is 4.02. The van der Waals surface area contributed by atoms with Crippen molar-refractivity contribution < 1.29 is 19.1 Å². The van der Waals surface area contributed by atoms with Crippen LogP contribution in [0.25, 0.3) is 0 Å². The first-order chi connectivity index (χ1) is 6.14. The molecule has 1 aliphatic heterocycles. The van der Waals surface area contributed by atoms with Crippen molar-refractivity contribution in [3.05, 3.63) is 0 Å². The number of esters is 2. The summed E-state index contributed by atoms with van der Waals surface area (Å²) in [6.45, 7) is 1.92. The van der Waals surface area contributed by atoms with E-state index in [4.69, 9.17) is 4.74 Å². The van der Waals surface area contributed by atoms with Crippen molar-refractivity contribution in [2.45, 2.75) is 24.8 Å². The third-order valence-electron chi connectivity index (χ3n) is 2.58. The molecule has 1 fully saturated rings. The number of hydrogen-bond donors (Lipinski definition) is 0. The molecule has 1 saturated heterocycles. The predicted molar refractivity (Wildman–Crippen MR) is 49.1 cm³/mol. The zero-order valence-electron chi connectivity index (χ0n) is 7.96. The van der Waals surface area contributed by atoms with E-state index < -0.39 is 14.6 Å². The number of carbonyl (C=O) groups excluding carboxylic acids is 2. The van der Waals surface area contributed by atoms with Crippen LogP contribution in [0, 0.1) is 0 Å². The zero-order valence-corrected chi connectivity index (χ0v) is 9.38. The van der Waals surface area contributed by atoms with Gasteiger partial charge < -0.3 is 9.47 Å². The Hall–Kier alpha value is -0.683. The monoisotopic (exact) mass is 202 g/mol. The standard InChI is InChI=1S/C8H14O4Si/c1-3-8(13-5-11-2)4-6(9)12-7(8)10/h3-5,13H2,1-2H3.